The second kappa shape index (κ2) is 6.95. The van der Waals surface area contributed by atoms with E-state index in [-0.39, 0.29) is 0 Å². The number of fused-ring (bicyclic) bond motifs is 3. The molecule has 0 bridgehead atoms. The van der Waals surface area contributed by atoms with Crippen LogP contribution in [-0.4, -0.2) is 42.0 Å². The normalized spacial score (nSPS) is 11.4. The Balaban J connectivity index is 1.53. The summed E-state index contributed by atoms with van der Waals surface area (Å²) in [6, 6.07) is 16.9. The molecule has 146 valence electrons. The fourth-order valence-corrected chi connectivity index (χ4v) is 5.28. The fourth-order valence-electron chi connectivity index (χ4n) is 3.78. The first-order valence-electron chi connectivity index (χ1n) is 9.41. The van der Waals surface area contributed by atoms with E-state index in [1.165, 1.54) is 10.1 Å². The number of nitriles is 1. The molecule has 7 nitrogen and oxygen atoms in total. The van der Waals surface area contributed by atoms with Gasteiger partial charge in [0.2, 0.25) is 0 Å². The van der Waals surface area contributed by atoms with Crippen molar-refractivity contribution in [2.75, 3.05) is 5.32 Å². The van der Waals surface area contributed by atoms with E-state index >= 15 is 0 Å². The molecule has 0 aliphatic rings. The standard InChI is InChI=1S/C22H12AsN7S/c23-22-28-20-18(13(8-24)9-25-20)21(29-22)27-14-5-12-10-26-30-19(12)15(7-14)17-6-11-3-1-2-4-16(11)31-17/h1-7,9-10H,(H,26,30)(H2,25,27,28,29). The first-order valence-corrected chi connectivity index (χ1v) is 11.2. The number of anilines is 2. The predicted octanol–water partition coefficient (Wildman–Crippen LogP) is 4.12. The third kappa shape index (κ3) is 2.98. The summed E-state index contributed by atoms with van der Waals surface area (Å²) in [5.41, 5.74) is 4.03. The molecule has 0 spiro atoms. The molecule has 4 aromatic heterocycles. The van der Waals surface area contributed by atoms with Gasteiger partial charge in [-0.15, -0.1) is 0 Å². The van der Waals surface area contributed by atoms with Crippen molar-refractivity contribution in [2.45, 2.75) is 0 Å². The number of aromatic amines is 2. The topological polar surface area (TPSA) is 106 Å². The number of H-pyrrole nitrogens is 2. The van der Waals surface area contributed by atoms with Gasteiger partial charge in [0.1, 0.15) is 0 Å². The van der Waals surface area contributed by atoms with Crippen molar-refractivity contribution in [1.29, 1.82) is 5.26 Å². The second-order valence-electron chi connectivity index (χ2n) is 7.04. The van der Waals surface area contributed by atoms with Crippen LogP contribution in [0.1, 0.15) is 5.56 Å². The fraction of sp³-hybridized carbons (Fsp3) is 0. The van der Waals surface area contributed by atoms with E-state index in [2.05, 4.69) is 83.7 Å². The van der Waals surface area contributed by atoms with Crippen LogP contribution in [0.5, 0.6) is 0 Å². The van der Waals surface area contributed by atoms with Gasteiger partial charge in [-0.25, -0.2) is 0 Å². The third-order valence-corrected chi connectivity index (χ3v) is 6.71. The number of rotatable bonds is 3. The van der Waals surface area contributed by atoms with Crippen LogP contribution in [0.3, 0.4) is 0 Å². The number of nitrogens with zero attached hydrogens (tertiary/aromatic N) is 4. The summed E-state index contributed by atoms with van der Waals surface area (Å²) in [5, 5.41) is 23.2. The maximum absolute atomic E-state index is 9.49. The van der Waals surface area contributed by atoms with Crippen molar-refractivity contribution in [3.8, 4) is 16.5 Å². The van der Waals surface area contributed by atoms with Crippen molar-refractivity contribution < 1.29 is 0 Å². The van der Waals surface area contributed by atoms with Crippen molar-refractivity contribution in [1.82, 2.24) is 25.1 Å². The van der Waals surface area contributed by atoms with Gasteiger partial charge >= 0.3 is 189 Å². The van der Waals surface area contributed by atoms with Gasteiger partial charge in [0, 0.05) is 0 Å². The van der Waals surface area contributed by atoms with Crippen molar-refractivity contribution >= 4 is 76.3 Å². The van der Waals surface area contributed by atoms with Crippen molar-refractivity contribution in [2.24, 2.45) is 0 Å². The Morgan fingerprint density at radius 2 is 2.00 bits per heavy atom. The molecule has 0 fully saturated rings. The second-order valence-corrected chi connectivity index (χ2v) is 8.96. The molecule has 0 aliphatic heterocycles. The molecule has 0 atom stereocenters. The Kier molecular flexibility index (Phi) is 4.06. The van der Waals surface area contributed by atoms with Crippen LogP contribution >= 0.6 is 11.3 Å². The molecule has 6 aromatic rings. The predicted molar refractivity (Wildman–Crippen MR) is 124 cm³/mol. The molecule has 0 saturated carbocycles. The minimum absolute atomic E-state index is 0.499. The molecule has 0 aliphatic carbocycles. The molecule has 0 amide bonds. The molecule has 31 heavy (non-hydrogen) atoms. The van der Waals surface area contributed by atoms with E-state index in [1.54, 1.807) is 17.5 Å². The third-order valence-electron chi connectivity index (χ3n) is 5.14. The van der Waals surface area contributed by atoms with Gasteiger partial charge in [-0.2, -0.15) is 0 Å². The van der Waals surface area contributed by atoms with E-state index in [1.807, 2.05) is 18.3 Å². The van der Waals surface area contributed by atoms with E-state index in [0.29, 0.717) is 27.0 Å². The van der Waals surface area contributed by atoms with Gasteiger partial charge < -0.3 is 0 Å². The van der Waals surface area contributed by atoms with Gasteiger partial charge in [0.05, 0.1) is 0 Å². The van der Waals surface area contributed by atoms with Crippen LogP contribution in [0.25, 0.3) is 42.5 Å². The molecule has 0 saturated heterocycles. The molecule has 2 aromatic carbocycles. The Morgan fingerprint density at radius 3 is 2.87 bits per heavy atom. The van der Waals surface area contributed by atoms with Crippen molar-refractivity contribution in [3.63, 3.8) is 0 Å². The average Bonchev–Trinajstić information content (AvgIpc) is 3.50. The van der Waals surface area contributed by atoms with Crippen molar-refractivity contribution in [3.05, 3.63) is 60.4 Å². The number of hydrogen-bond acceptors (Lipinski definition) is 6. The van der Waals surface area contributed by atoms with Crippen LogP contribution in [0, 0.1) is 11.3 Å². The molecule has 9 heteroatoms. The Labute approximate surface area is 188 Å². The average molecular weight is 481 g/mol. The summed E-state index contributed by atoms with van der Waals surface area (Å²) in [5.74, 6) is 0.587. The molecular weight excluding hydrogens is 469 g/mol. The van der Waals surface area contributed by atoms with E-state index in [9.17, 15) is 5.26 Å². The van der Waals surface area contributed by atoms with Gasteiger partial charge in [-0.05, 0) is 0 Å². The summed E-state index contributed by atoms with van der Waals surface area (Å²) < 4.78 is 1.79. The monoisotopic (exact) mass is 481 g/mol. The Hall–Kier alpha value is -3.66. The molecule has 4 heterocycles. The minimum atomic E-state index is 0.499. The Bertz CT molecular complexity index is 1620. The summed E-state index contributed by atoms with van der Waals surface area (Å²) in [7, 11) is 0. The molecule has 6 rings (SSSR count). The zero-order valence-corrected chi connectivity index (χ0v) is 18.5. The van der Waals surface area contributed by atoms with Gasteiger partial charge in [0.15, 0.2) is 0 Å². The first kappa shape index (κ1) is 18.1. The number of thiophene rings is 1. The summed E-state index contributed by atoms with van der Waals surface area (Å²) in [6.45, 7) is 0. The molecular formula is C22H12AsN7S. The van der Waals surface area contributed by atoms with Gasteiger partial charge in [-0.1, -0.05) is 0 Å². The summed E-state index contributed by atoms with van der Waals surface area (Å²) in [6.07, 6.45) is 3.46. The number of aromatic nitrogens is 5. The molecule has 3 N–H and O–H groups in total. The van der Waals surface area contributed by atoms with E-state index in [4.69, 9.17) is 0 Å². The zero-order valence-electron chi connectivity index (χ0n) is 15.8. The van der Waals surface area contributed by atoms with Crippen LogP contribution in [0.4, 0.5) is 11.5 Å². The maximum atomic E-state index is 9.49. The molecule has 0 unspecified atom stereocenters. The first-order chi connectivity index (χ1) is 15.2. The van der Waals surface area contributed by atoms with Gasteiger partial charge in [0.25, 0.3) is 0 Å². The number of benzene rings is 2. The number of hydrogen-bond donors (Lipinski definition) is 3. The van der Waals surface area contributed by atoms with Gasteiger partial charge in [-0.3, -0.25) is 0 Å². The quantitative estimate of drug-likeness (QED) is 0.330. The summed E-state index contributed by atoms with van der Waals surface area (Å²) >= 11 is 4.08. The number of nitrogens with one attached hydrogen (secondary N) is 3. The Morgan fingerprint density at radius 1 is 1.10 bits per heavy atom. The molecule has 2 radical (unpaired) electrons. The SMILES string of the molecule is N#Cc1c[nH]c2nc([As])nc(Nc3cc(-c4cc5ccccc5s4)c4[nH]ncc4c3)c12. The van der Waals surface area contributed by atoms with E-state index in [0.717, 1.165) is 27.0 Å². The van der Waals surface area contributed by atoms with Crippen LogP contribution < -0.4 is 9.93 Å². The van der Waals surface area contributed by atoms with Crippen LogP contribution in [-0.2, 0) is 0 Å². The van der Waals surface area contributed by atoms with Crippen LogP contribution in [0.15, 0.2) is 54.9 Å². The van der Waals surface area contributed by atoms with Crippen LogP contribution in [0.2, 0.25) is 0 Å². The zero-order chi connectivity index (χ0) is 20.9. The summed E-state index contributed by atoms with van der Waals surface area (Å²) in [4.78, 5) is 13.1. The van der Waals surface area contributed by atoms with E-state index < -0.39 is 0 Å².